The molecule has 1 aliphatic heterocycles. The molecule has 0 saturated heterocycles. The van der Waals surface area contributed by atoms with Crippen LogP contribution in [0.3, 0.4) is 0 Å². The van der Waals surface area contributed by atoms with Crippen LogP contribution in [0.25, 0.3) is 0 Å². The fraction of sp³-hybridized carbons (Fsp3) is 0.400. The molecule has 1 aliphatic rings. The van der Waals surface area contributed by atoms with Crippen LogP contribution in [0.15, 0.2) is 17.3 Å². The van der Waals surface area contributed by atoms with Crippen LogP contribution in [0, 0.1) is 13.8 Å². The molecule has 0 spiro atoms. The highest BCUT2D eigenvalue weighted by atomic mass is 32.2. The van der Waals surface area contributed by atoms with E-state index >= 15 is 0 Å². The summed E-state index contributed by atoms with van der Waals surface area (Å²) in [5.74, 6) is 1.08. The number of thioether (sulfide) groups is 1. The molecule has 0 fully saturated rings. The maximum Gasteiger partial charge on any atom is 0.161 e. The Hall–Kier alpha value is -1.03. The summed E-state index contributed by atoms with van der Waals surface area (Å²) in [4.78, 5) is 8.61. The second-order valence-electron chi connectivity index (χ2n) is 3.25. The van der Waals surface area contributed by atoms with Gasteiger partial charge < -0.3 is 5.32 Å². The van der Waals surface area contributed by atoms with Crippen molar-refractivity contribution in [3.63, 3.8) is 0 Å². The highest BCUT2D eigenvalue weighted by Crippen LogP contribution is 2.21. The Kier molecular flexibility index (Phi) is 2.72. The van der Waals surface area contributed by atoms with Gasteiger partial charge in [0, 0.05) is 11.9 Å². The maximum absolute atomic E-state index is 4.35. The van der Waals surface area contributed by atoms with Crippen LogP contribution in [0.4, 0.5) is 5.69 Å². The Morgan fingerprint density at radius 1 is 1.43 bits per heavy atom. The van der Waals surface area contributed by atoms with E-state index < -0.39 is 0 Å². The van der Waals surface area contributed by atoms with Gasteiger partial charge in [0.1, 0.15) is 0 Å². The zero-order valence-electron chi connectivity index (χ0n) is 8.37. The first-order valence-electron chi connectivity index (χ1n) is 4.64. The number of rotatable bonds is 1. The first kappa shape index (κ1) is 9.52. The molecule has 1 aromatic rings. The van der Waals surface area contributed by atoms with E-state index in [4.69, 9.17) is 0 Å². The number of nitrogens with one attached hydrogen (secondary N) is 1. The van der Waals surface area contributed by atoms with Gasteiger partial charge in [-0.25, -0.2) is 0 Å². The molecule has 74 valence electrons. The fourth-order valence-electron chi connectivity index (χ4n) is 1.40. The molecule has 2 rings (SSSR count). The van der Waals surface area contributed by atoms with E-state index in [2.05, 4.69) is 22.2 Å². The first-order valence-corrected chi connectivity index (χ1v) is 5.62. The van der Waals surface area contributed by atoms with Crippen LogP contribution in [0.2, 0.25) is 0 Å². The van der Waals surface area contributed by atoms with Gasteiger partial charge in [0.05, 0.1) is 17.9 Å². The van der Waals surface area contributed by atoms with E-state index in [1.165, 1.54) is 5.56 Å². The molecule has 0 aliphatic carbocycles. The molecule has 1 aromatic heterocycles. The molecular weight excluding hydrogens is 194 g/mol. The summed E-state index contributed by atoms with van der Waals surface area (Å²) in [7, 11) is 0. The van der Waals surface area contributed by atoms with Crippen LogP contribution < -0.4 is 5.32 Å². The van der Waals surface area contributed by atoms with E-state index in [1.807, 2.05) is 19.2 Å². The maximum atomic E-state index is 4.35. The SMILES string of the molecule is Cc1ccnc(C)c1NC1=NCCS1. The van der Waals surface area contributed by atoms with Crippen LogP contribution >= 0.6 is 11.8 Å². The third kappa shape index (κ3) is 1.90. The number of hydrogen-bond donors (Lipinski definition) is 1. The fourth-order valence-corrected chi connectivity index (χ4v) is 2.13. The van der Waals surface area contributed by atoms with Crippen molar-refractivity contribution < 1.29 is 0 Å². The first-order chi connectivity index (χ1) is 6.77. The number of nitrogens with zero attached hydrogens (tertiary/aromatic N) is 2. The number of anilines is 1. The van der Waals surface area contributed by atoms with Crippen molar-refractivity contribution in [1.29, 1.82) is 0 Å². The third-order valence-corrected chi connectivity index (χ3v) is 3.06. The Morgan fingerprint density at radius 3 is 2.93 bits per heavy atom. The number of pyridine rings is 1. The molecule has 0 unspecified atom stereocenters. The summed E-state index contributed by atoms with van der Waals surface area (Å²) >= 11 is 1.77. The minimum absolute atomic E-state index is 0.922. The molecular formula is C10H13N3S. The zero-order valence-corrected chi connectivity index (χ0v) is 9.19. The van der Waals surface area contributed by atoms with Gasteiger partial charge in [-0.15, -0.1) is 0 Å². The molecule has 0 atom stereocenters. The summed E-state index contributed by atoms with van der Waals surface area (Å²) in [6.07, 6.45) is 1.83. The average Bonchev–Trinajstić information content (AvgIpc) is 2.64. The number of aliphatic imine (C=N–C) groups is 1. The molecule has 0 radical (unpaired) electrons. The van der Waals surface area contributed by atoms with Crippen molar-refractivity contribution in [2.75, 3.05) is 17.6 Å². The van der Waals surface area contributed by atoms with Gasteiger partial charge in [-0.2, -0.15) is 0 Å². The van der Waals surface area contributed by atoms with Crippen LogP contribution in [0.1, 0.15) is 11.3 Å². The monoisotopic (exact) mass is 207 g/mol. The number of amidine groups is 1. The van der Waals surface area contributed by atoms with Gasteiger partial charge in [-0.05, 0) is 25.5 Å². The molecule has 14 heavy (non-hydrogen) atoms. The van der Waals surface area contributed by atoms with Gasteiger partial charge in [-0.1, -0.05) is 11.8 Å². The highest BCUT2D eigenvalue weighted by Gasteiger charge is 2.10. The van der Waals surface area contributed by atoms with Gasteiger partial charge in [0.2, 0.25) is 0 Å². The molecule has 0 aromatic carbocycles. The van der Waals surface area contributed by atoms with Crippen molar-refractivity contribution in [2.24, 2.45) is 4.99 Å². The van der Waals surface area contributed by atoms with Crippen molar-refractivity contribution in [2.45, 2.75) is 13.8 Å². The molecule has 3 nitrogen and oxygen atoms in total. The summed E-state index contributed by atoms with van der Waals surface area (Å²) in [5.41, 5.74) is 3.34. The topological polar surface area (TPSA) is 37.3 Å². The lowest BCUT2D eigenvalue weighted by Crippen LogP contribution is -2.08. The van der Waals surface area contributed by atoms with Crippen LogP contribution in [-0.4, -0.2) is 22.4 Å². The minimum atomic E-state index is 0.922. The Balaban J connectivity index is 2.23. The van der Waals surface area contributed by atoms with E-state index in [0.29, 0.717) is 0 Å². The van der Waals surface area contributed by atoms with Gasteiger partial charge in [0.25, 0.3) is 0 Å². The molecule has 0 bridgehead atoms. The average molecular weight is 207 g/mol. The summed E-state index contributed by atoms with van der Waals surface area (Å²) in [6, 6.07) is 2.01. The number of hydrogen-bond acceptors (Lipinski definition) is 4. The second kappa shape index (κ2) is 4.00. The van der Waals surface area contributed by atoms with E-state index in [-0.39, 0.29) is 0 Å². The van der Waals surface area contributed by atoms with Crippen molar-refractivity contribution in [1.82, 2.24) is 4.98 Å². The summed E-state index contributed by atoms with van der Waals surface area (Å²) in [6.45, 7) is 5.01. The molecule has 0 saturated carbocycles. The lowest BCUT2D eigenvalue weighted by molar-refractivity contribution is 1.16. The predicted molar refractivity (Wildman–Crippen MR) is 62.1 cm³/mol. The number of aryl methyl sites for hydroxylation is 2. The van der Waals surface area contributed by atoms with Crippen molar-refractivity contribution in [3.05, 3.63) is 23.5 Å². The van der Waals surface area contributed by atoms with Gasteiger partial charge >= 0.3 is 0 Å². The second-order valence-corrected chi connectivity index (χ2v) is 4.33. The Bertz CT molecular complexity index is 353. The molecule has 0 amide bonds. The zero-order chi connectivity index (χ0) is 9.97. The van der Waals surface area contributed by atoms with E-state index in [0.717, 1.165) is 28.8 Å². The summed E-state index contributed by atoms with van der Waals surface area (Å²) in [5, 5.41) is 4.35. The summed E-state index contributed by atoms with van der Waals surface area (Å²) < 4.78 is 0. The van der Waals surface area contributed by atoms with E-state index in [9.17, 15) is 0 Å². The van der Waals surface area contributed by atoms with E-state index in [1.54, 1.807) is 11.8 Å². The predicted octanol–water partition coefficient (Wildman–Crippen LogP) is 2.21. The molecule has 1 N–H and O–H groups in total. The van der Waals surface area contributed by atoms with Crippen LogP contribution in [0.5, 0.6) is 0 Å². The molecule has 2 heterocycles. The van der Waals surface area contributed by atoms with Crippen molar-refractivity contribution >= 4 is 22.6 Å². The standard InChI is InChI=1S/C10H13N3S/c1-7-3-4-11-8(2)9(7)13-10-12-5-6-14-10/h3-4H,5-6H2,1-2H3,(H,12,13). The van der Waals surface area contributed by atoms with Crippen LogP contribution in [-0.2, 0) is 0 Å². The van der Waals surface area contributed by atoms with Gasteiger partial charge in [-0.3, -0.25) is 9.98 Å². The lowest BCUT2D eigenvalue weighted by Gasteiger charge is -2.10. The normalized spacial score (nSPS) is 15.4. The highest BCUT2D eigenvalue weighted by molar-refractivity contribution is 8.14. The number of aromatic nitrogens is 1. The largest absolute Gasteiger partial charge is 0.333 e. The Labute approximate surface area is 88.0 Å². The third-order valence-electron chi connectivity index (χ3n) is 2.17. The lowest BCUT2D eigenvalue weighted by atomic mass is 10.2. The minimum Gasteiger partial charge on any atom is -0.333 e. The quantitative estimate of drug-likeness (QED) is 0.767. The van der Waals surface area contributed by atoms with Gasteiger partial charge in [0.15, 0.2) is 5.17 Å². The molecule has 4 heteroatoms. The smallest absolute Gasteiger partial charge is 0.161 e. The Morgan fingerprint density at radius 2 is 2.29 bits per heavy atom. The van der Waals surface area contributed by atoms with Crippen molar-refractivity contribution in [3.8, 4) is 0 Å².